The predicted molar refractivity (Wildman–Crippen MR) is 58.7 cm³/mol. The summed E-state index contributed by atoms with van der Waals surface area (Å²) in [6.07, 6.45) is 0. The molecule has 0 aromatic carbocycles. The summed E-state index contributed by atoms with van der Waals surface area (Å²) in [4.78, 5) is 15.2. The lowest BCUT2D eigenvalue weighted by Gasteiger charge is -1.98. The van der Waals surface area contributed by atoms with Crippen molar-refractivity contribution in [3.63, 3.8) is 0 Å². The molecule has 0 saturated heterocycles. The minimum absolute atomic E-state index is 0.118. The number of thiol groups is 1. The smallest absolute Gasteiger partial charge is 0.235 e. The maximum Gasteiger partial charge on any atom is 0.235 e. The third-order valence-corrected chi connectivity index (χ3v) is 2.57. The minimum Gasteiger partial charge on any atom is -0.301 e. The normalized spacial score (nSPS) is 10.5. The Bertz CT molecular complexity index is 296. The van der Waals surface area contributed by atoms with Gasteiger partial charge < -0.3 is 5.32 Å². The second-order valence-corrected chi connectivity index (χ2v) is 4.11. The first kappa shape index (κ1) is 10.5. The Hall–Kier alpha value is -0.550. The molecule has 1 N–H and O–H groups in total. The van der Waals surface area contributed by atoms with Crippen LogP contribution in [0.5, 0.6) is 0 Å². The first-order chi connectivity index (χ1) is 6.13. The molecule has 0 spiro atoms. The fourth-order valence-corrected chi connectivity index (χ4v) is 1.73. The lowest BCUT2D eigenvalue weighted by Crippen LogP contribution is -2.12. The third kappa shape index (κ3) is 3.00. The molecule has 0 aliphatic carbocycles. The molecule has 3 nitrogen and oxygen atoms in total. The van der Waals surface area contributed by atoms with Crippen LogP contribution in [0, 0.1) is 0 Å². The van der Waals surface area contributed by atoms with Gasteiger partial charge in [-0.05, 0) is 5.92 Å². The van der Waals surface area contributed by atoms with Gasteiger partial charge in [0.1, 0.15) is 0 Å². The molecule has 0 fully saturated rings. The summed E-state index contributed by atoms with van der Waals surface area (Å²) in [5.41, 5.74) is 1.01. The molecule has 0 saturated carbocycles. The van der Waals surface area contributed by atoms with Gasteiger partial charge in [0.15, 0.2) is 5.13 Å². The van der Waals surface area contributed by atoms with Crippen LogP contribution in [0.2, 0.25) is 0 Å². The van der Waals surface area contributed by atoms with E-state index >= 15 is 0 Å². The highest BCUT2D eigenvalue weighted by molar-refractivity contribution is 7.81. The van der Waals surface area contributed by atoms with Crippen molar-refractivity contribution >= 4 is 35.0 Å². The van der Waals surface area contributed by atoms with Gasteiger partial charge in [-0.15, -0.1) is 11.3 Å². The number of thiazole rings is 1. The standard InChI is InChI=1S/C8H12N2OS2/c1-5(2)6-4-13-8(9-6)10-7(11)3-12/h4-5,12H,3H2,1-2H3,(H,9,10,11). The van der Waals surface area contributed by atoms with Crippen LogP contribution < -0.4 is 5.32 Å². The van der Waals surface area contributed by atoms with Crippen LogP contribution in [-0.2, 0) is 4.79 Å². The Kier molecular flexibility index (Phi) is 3.74. The number of hydrogen-bond donors (Lipinski definition) is 2. The fourth-order valence-electron chi connectivity index (χ4n) is 0.768. The number of nitrogens with one attached hydrogen (secondary N) is 1. The van der Waals surface area contributed by atoms with E-state index in [4.69, 9.17) is 0 Å². The first-order valence-electron chi connectivity index (χ1n) is 3.99. The second-order valence-electron chi connectivity index (χ2n) is 2.94. The molecule has 1 amide bonds. The van der Waals surface area contributed by atoms with Gasteiger partial charge in [-0.25, -0.2) is 4.98 Å². The van der Waals surface area contributed by atoms with Crippen LogP contribution in [-0.4, -0.2) is 16.6 Å². The van der Waals surface area contributed by atoms with E-state index in [1.165, 1.54) is 11.3 Å². The molecule has 13 heavy (non-hydrogen) atoms. The van der Waals surface area contributed by atoms with Crippen LogP contribution in [0.15, 0.2) is 5.38 Å². The highest BCUT2D eigenvalue weighted by atomic mass is 32.1. The molecule has 1 aromatic heterocycles. The average Bonchev–Trinajstić information content (AvgIpc) is 2.52. The van der Waals surface area contributed by atoms with Crippen molar-refractivity contribution in [2.75, 3.05) is 11.1 Å². The predicted octanol–water partition coefficient (Wildman–Crippen LogP) is 2.13. The van der Waals surface area contributed by atoms with Crippen LogP contribution >= 0.6 is 24.0 Å². The zero-order chi connectivity index (χ0) is 9.84. The lowest BCUT2D eigenvalue weighted by molar-refractivity contribution is -0.113. The first-order valence-corrected chi connectivity index (χ1v) is 5.51. The van der Waals surface area contributed by atoms with Crippen LogP contribution in [0.4, 0.5) is 5.13 Å². The molecule has 0 atom stereocenters. The molecular formula is C8H12N2OS2. The SMILES string of the molecule is CC(C)c1csc(NC(=O)CS)n1. The number of amides is 1. The van der Waals surface area contributed by atoms with Crippen molar-refractivity contribution in [3.05, 3.63) is 11.1 Å². The second kappa shape index (κ2) is 4.62. The Morgan fingerprint density at radius 3 is 2.92 bits per heavy atom. The van der Waals surface area contributed by atoms with Crippen LogP contribution in [0.3, 0.4) is 0 Å². The summed E-state index contributed by atoms with van der Waals surface area (Å²) >= 11 is 5.30. The lowest BCUT2D eigenvalue weighted by atomic mass is 10.2. The Labute approximate surface area is 87.0 Å². The largest absolute Gasteiger partial charge is 0.301 e. The Balaban J connectivity index is 2.64. The maximum absolute atomic E-state index is 10.9. The number of hydrogen-bond acceptors (Lipinski definition) is 4. The van der Waals surface area contributed by atoms with Crippen molar-refractivity contribution in [2.45, 2.75) is 19.8 Å². The Morgan fingerprint density at radius 1 is 1.77 bits per heavy atom. The number of aromatic nitrogens is 1. The van der Waals surface area contributed by atoms with Gasteiger partial charge in [0.2, 0.25) is 5.91 Å². The highest BCUT2D eigenvalue weighted by Gasteiger charge is 2.06. The molecule has 5 heteroatoms. The van der Waals surface area contributed by atoms with E-state index in [0.29, 0.717) is 11.0 Å². The summed E-state index contributed by atoms with van der Waals surface area (Å²) in [5.74, 6) is 0.474. The maximum atomic E-state index is 10.9. The average molecular weight is 216 g/mol. The monoisotopic (exact) mass is 216 g/mol. The summed E-state index contributed by atoms with van der Waals surface area (Å²) in [7, 11) is 0. The van der Waals surface area contributed by atoms with Crippen LogP contribution in [0.25, 0.3) is 0 Å². The molecule has 1 heterocycles. The quantitative estimate of drug-likeness (QED) is 0.760. The van der Waals surface area contributed by atoms with Gasteiger partial charge in [-0.2, -0.15) is 12.6 Å². The molecule has 0 radical (unpaired) electrons. The summed E-state index contributed by atoms with van der Waals surface area (Å²) in [6, 6.07) is 0. The molecule has 1 rings (SSSR count). The number of nitrogens with zero attached hydrogens (tertiary/aromatic N) is 1. The van der Waals surface area contributed by atoms with E-state index in [2.05, 4.69) is 36.8 Å². The molecule has 72 valence electrons. The summed E-state index contributed by atoms with van der Waals surface area (Å²) in [5, 5.41) is 5.27. The van der Waals surface area contributed by atoms with Gasteiger partial charge in [0.05, 0.1) is 11.4 Å². The minimum atomic E-state index is -0.118. The molecule has 1 aromatic rings. The van der Waals surface area contributed by atoms with E-state index in [0.717, 1.165) is 5.69 Å². The fraction of sp³-hybridized carbons (Fsp3) is 0.500. The highest BCUT2D eigenvalue weighted by Crippen LogP contribution is 2.21. The zero-order valence-electron chi connectivity index (χ0n) is 7.57. The number of carbonyl (C=O) groups excluding carboxylic acids is 1. The van der Waals surface area contributed by atoms with E-state index in [9.17, 15) is 4.79 Å². The van der Waals surface area contributed by atoms with Gasteiger partial charge in [-0.1, -0.05) is 13.8 Å². The molecule has 0 aliphatic heterocycles. The van der Waals surface area contributed by atoms with Gasteiger partial charge >= 0.3 is 0 Å². The van der Waals surface area contributed by atoms with Crippen molar-refractivity contribution in [2.24, 2.45) is 0 Å². The number of rotatable bonds is 3. The van der Waals surface area contributed by atoms with Gasteiger partial charge in [0.25, 0.3) is 0 Å². The molecule has 0 unspecified atom stereocenters. The Morgan fingerprint density at radius 2 is 2.46 bits per heavy atom. The third-order valence-electron chi connectivity index (χ3n) is 1.50. The van der Waals surface area contributed by atoms with Crippen molar-refractivity contribution in [1.82, 2.24) is 4.98 Å². The molecular weight excluding hydrogens is 204 g/mol. The van der Waals surface area contributed by atoms with Crippen molar-refractivity contribution in [1.29, 1.82) is 0 Å². The van der Waals surface area contributed by atoms with Crippen molar-refractivity contribution < 1.29 is 4.79 Å². The summed E-state index contributed by atoms with van der Waals surface area (Å²) < 4.78 is 0. The number of carbonyl (C=O) groups is 1. The van der Waals surface area contributed by atoms with Crippen molar-refractivity contribution in [3.8, 4) is 0 Å². The van der Waals surface area contributed by atoms with E-state index in [-0.39, 0.29) is 11.7 Å². The number of anilines is 1. The van der Waals surface area contributed by atoms with E-state index in [1.807, 2.05) is 5.38 Å². The van der Waals surface area contributed by atoms with Gasteiger partial charge in [0, 0.05) is 5.38 Å². The topological polar surface area (TPSA) is 42.0 Å². The van der Waals surface area contributed by atoms with Crippen LogP contribution in [0.1, 0.15) is 25.5 Å². The summed E-state index contributed by atoms with van der Waals surface area (Å²) in [6.45, 7) is 4.14. The molecule has 0 aliphatic rings. The zero-order valence-corrected chi connectivity index (χ0v) is 9.28. The van der Waals surface area contributed by atoms with E-state index in [1.54, 1.807) is 0 Å². The van der Waals surface area contributed by atoms with Gasteiger partial charge in [-0.3, -0.25) is 4.79 Å². The van der Waals surface area contributed by atoms with E-state index < -0.39 is 0 Å². The molecule has 0 bridgehead atoms.